The van der Waals surface area contributed by atoms with Crippen LogP contribution in [0.15, 0.2) is 24.3 Å². The lowest BCUT2D eigenvalue weighted by Gasteiger charge is -2.42. The van der Waals surface area contributed by atoms with Crippen molar-refractivity contribution in [1.29, 1.82) is 0 Å². The summed E-state index contributed by atoms with van der Waals surface area (Å²) in [7, 11) is 0. The second-order valence-corrected chi connectivity index (χ2v) is 10.4. The summed E-state index contributed by atoms with van der Waals surface area (Å²) in [6.07, 6.45) is -1.88. The molecular formula is C25H34N3O9-. The Morgan fingerprint density at radius 1 is 1.05 bits per heavy atom. The normalized spacial score (nSPS) is 27.7. The number of amides is 3. The second kappa shape index (κ2) is 11.4. The summed E-state index contributed by atoms with van der Waals surface area (Å²) in [6.45, 7) is 0. The Hall–Kier alpha value is -3.22. The van der Waals surface area contributed by atoms with E-state index in [2.05, 4.69) is 10.6 Å². The maximum Gasteiger partial charge on any atom is 0.252 e. The van der Waals surface area contributed by atoms with Gasteiger partial charge in [-0.2, -0.15) is 0 Å². The monoisotopic (exact) mass is 520 g/mol. The number of aliphatic hydroxyl groups is 3. The van der Waals surface area contributed by atoms with Gasteiger partial charge in [0, 0.05) is 31.7 Å². The van der Waals surface area contributed by atoms with Crippen molar-refractivity contribution in [2.24, 2.45) is 11.1 Å². The summed E-state index contributed by atoms with van der Waals surface area (Å²) in [5, 5.41) is 57.5. The third-order valence-electron chi connectivity index (χ3n) is 7.42. The molecule has 0 bridgehead atoms. The maximum absolute atomic E-state index is 13.0. The summed E-state index contributed by atoms with van der Waals surface area (Å²) >= 11 is 0. The van der Waals surface area contributed by atoms with Gasteiger partial charge in [0.25, 0.3) is 5.91 Å². The molecule has 0 spiro atoms. The Balaban J connectivity index is 1.68. The Morgan fingerprint density at radius 3 is 2.24 bits per heavy atom. The number of hydrogen-bond acceptors (Lipinski definition) is 9. The quantitative estimate of drug-likeness (QED) is 0.176. The summed E-state index contributed by atoms with van der Waals surface area (Å²) < 4.78 is 0. The van der Waals surface area contributed by atoms with Gasteiger partial charge in [-0.3, -0.25) is 14.4 Å². The van der Waals surface area contributed by atoms with Gasteiger partial charge in [0.05, 0.1) is 12.1 Å². The Bertz CT molecular complexity index is 1010. The predicted octanol–water partition coefficient (Wildman–Crippen LogP) is -2.27. The molecule has 0 aliphatic heterocycles. The van der Waals surface area contributed by atoms with E-state index in [9.17, 15) is 44.7 Å². The molecule has 0 heterocycles. The average Bonchev–Trinajstić information content (AvgIpc) is 3.24. The number of nitrogens with one attached hydrogen (secondary N) is 2. The van der Waals surface area contributed by atoms with Crippen LogP contribution in [0.2, 0.25) is 0 Å². The maximum atomic E-state index is 13.0. The molecule has 5 atom stereocenters. The van der Waals surface area contributed by atoms with Crippen LogP contribution >= 0.6 is 0 Å². The number of phenols is 1. The standard InChI is InChI=1S/C25H35N3O9/c26-22(35)16(9-14-3-5-15(29)6-4-14)28-23(36)25(37)10-17(21(34)18(30)11-25)27-19(31)12-24(13-20(32)33)7-1-2-8-24/h3-6,16-18,21,29-30,34,37H,1-2,7-13H2,(H2,26,35)(H,27,31)(H,28,36)(H,32,33)/p-1/t16-,17-,18+,21+,25-/m0/s1. The number of carbonyl (C=O) groups excluding carboxylic acids is 4. The smallest absolute Gasteiger partial charge is 0.252 e. The first-order valence-electron chi connectivity index (χ1n) is 12.3. The first-order chi connectivity index (χ1) is 17.3. The molecule has 12 heteroatoms. The van der Waals surface area contributed by atoms with Crippen molar-refractivity contribution in [2.75, 3.05) is 0 Å². The van der Waals surface area contributed by atoms with Crippen molar-refractivity contribution >= 4 is 23.7 Å². The van der Waals surface area contributed by atoms with Gasteiger partial charge < -0.3 is 46.7 Å². The van der Waals surface area contributed by atoms with E-state index >= 15 is 0 Å². The number of aliphatic carboxylic acids is 1. The van der Waals surface area contributed by atoms with Gasteiger partial charge in [-0.1, -0.05) is 25.0 Å². The third kappa shape index (κ3) is 7.18. The molecule has 0 aromatic heterocycles. The topological polar surface area (TPSA) is 222 Å². The van der Waals surface area contributed by atoms with E-state index in [0.29, 0.717) is 18.4 Å². The van der Waals surface area contributed by atoms with E-state index in [0.717, 1.165) is 12.8 Å². The van der Waals surface area contributed by atoms with Crippen molar-refractivity contribution in [3.05, 3.63) is 29.8 Å². The van der Waals surface area contributed by atoms with Crippen LogP contribution in [0.25, 0.3) is 0 Å². The largest absolute Gasteiger partial charge is 0.550 e. The van der Waals surface area contributed by atoms with Gasteiger partial charge in [0.15, 0.2) is 0 Å². The Labute approximate surface area is 213 Å². The number of hydrogen-bond donors (Lipinski definition) is 7. The number of primary amides is 1. The van der Waals surface area contributed by atoms with E-state index < -0.39 is 71.8 Å². The zero-order chi connectivity index (χ0) is 27.4. The molecule has 2 aliphatic carbocycles. The number of aliphatic hydroxyl groups excluding tert-OH is 2. The van der Waals surface area contributed by atoms with Gasteiger partial charge in [-0.15, -0.1) is 0 Å². The molecule has 3 amide bonds. The average molecular weight is 521 g/mol. The van der Waals surface area contributed by atoms with Crippen LogP contribution < -0.4 is 21.5 Å². The van der Waals surface area contributed by atoms with Gasteiger partial charge in [-0.25, -0.2) is 0 Å². The molecule has 1 aromatic rings. The molecule has 37 heavy (non-hydrogen) atoms. The second-order valence-electron chi connectivity index (χ2n) is 10.4. The molecule has 0 saturated heterocycles. The SMILES string of the molecule is NC(=O)[C@H](Cc1ccc(O)cc1)NC(=O)[C@@]1(O)C[C@@H](O)[C@H](O)[C@@H](NC(=O)CC2(CC(=O)[O-])CCCC2)C1. The summed E-state index contributed by atoms with van der Waals surface area (Å²) in [5.41, 5.74) is 3.00. The van der Waals surface area contributed by atoms with Crippen LogP contribution in [0.1, 0.15) is 56.9 Å². The lowest BCUT2D eigenvalue weighted by atomic mass is 9.76. The van der Waals surface area contributed by atoms with E-state index in [1.165, 1.54) is 24.3 Å². The number of carbonyl (C=O) groups is 4. The van der Waals surface area contributed by atoms with Crippen LogP contribution in [0.4, 0.5) is 0 Å². The predicted molar refractivity (Wildman–Crippen MR) is 126 cm³/mol. The lowest BCUT2D eigenvalue weighted by molar-refractivity contribution is -0.308. The highest BCUT2D eigenvalue weighted by Crippen LogP contribution is 2.44. The Morgan fingerprint density at radius 2 is 1.68 bits per heavy atom. The molecular weight excluding hydrogens is 486 g/mol. The number of benzene rings is 1. The summed E-state index contributed by atoms with van der Waals surface area (Å²) in [6, 6.07) is 3.45. The van der Waals surface area contributed by atoms with Gasteiger partial charge >= 0.3 is 0 Å². The van der Waals surface area contributed by atoms with Crippen LogP contribution in [0, 0.1) is 5.41 Å². The van der Waals surface area contributed by atoms with E-state index in [1.54, 1.807) is 0 Å². The molecule has 2 aliphatic rings. The molecule has 8 N–H and O–H groups in total. The Kier molecular flexibility index (Phi) is 8.77. The van der Waals surface area contributed by atoms with Crippen molar-refractivity contribution in [3.63, 3.8) is 0 Å². The zero-order valence-corrected chi connectivity index (χ0v) is 20.4. The van der Waals surface area contributed by atoms with Crippen molar-refractivity contribution in [3.8, 4) is 5.75 Å². The molecule has 1 aromatic carbocycles. The number of carboxylic acid groups (broad SMARTS) is 1. The van der Waals surface area contributed by atoms with Crippen molar-refractivity contribution in [1.82, 2.24) is 10.6 Å². The molecule has 12 nitrogen and oxygen atoms in total. The number of aromatic hydroxyl groups is 1. The third-order valence-corrected chi connectivity index (χ3v) is 7.42. The van der Waals surface area contributed by atoms with Crippen LogP contribution in [0.3, 0.4) is 0 Å². The molecule has 3 rings (SSSR count). The highest BCUT2D eigenvalue weighted by Gasteiger charge is 2.50. The summed E-state index contributed by atoms with van der Waals surface area (Å²) in [4.78, 5) is 49.0. The molecule has 2 saturated carbocycles. The van der Waals surface area contributed by atoms with Crippen LogP contribution in [0.5, 0.6) is 5.75 Å². The molecule has 204 valence electrons. The highest BCUT2D eigenvalue weighted by atomic mass is 16.4. The fourth-order valence-electron chi connectivity index (χ4n) is 5.45. The number of phenolic OH excluding ortho intramolecular Hbond substituents is 1. The van der Waals surface area contributed by atoms with E-state index in [-0.39, 0.29) is 25.0 Å². The van der Waals surface area contributed by atoms with E-state index in [4.69, 9.17) is 5.73 Å². The van der Waals surface area contributed by atoms with Crippen molar-refractivity contribution in [2.45, 2.75) is 87.7 Å². The summed E-state index contributed by atoms with van der Waals surface area (Å²) in [5.74, 6) is -3.71. The fourth-order valence-corrected chi connectivity index (χ4v) is 5.45. The molecule has 0 unspecified atom stereocenters. The minimum atomic E-state index is -2.24. The van der Waals surface area contributed by atoms with E-state index in [1.807, 2.05) is 0 Å². The van der Waals surface area contributed by atoms with Crippen LogP contribution in [-0.2, 0) is 25.6 Å². The zero-order valence-electron chi connectivity index (χ0n) is 20.4. The number of nitrogens with two attached hydrogens (primary N) is 1. The van der Waals surface area contributed by atoms with Crippen molar-refractivity contribution < 1.29 is 44.7 Å². The van der Waals surface area contributed by atoms with Crippen LogP contribution in [-0.4, -0.2) is 74.0 Å². The van der Waals surface area contributed by atoms with Gasteiger partial charge in [-0.05, 0) is 42.4 Å². The number of rotatable bonds is 10. The lowest BCUT2D eigenvalue weighted by Crippen LogP contribution is -2.64. The minimum absolute atomic E-state index is 0.0130. The van der Waals surface area contributed by atoms with Gasteiger partial charge in [0.2, 0.25) is 11.8 Å². The first-order valence-corrected chi connectivity index (χ1v) is 12.3. The molecule has 0 radical (unpaired) electrons. The number of carboxylic acids is 1. The molecule has 2 fully saturated rings. The highest BCUT2D eigenvalue weighted by molar-refractivity contribution is 5.91. The fraction of sp³-hybridized carbons (Fsp3) is 0.600. The van der Waals surface area contributed by atoms with Gasteiger partial charge in [0.1, 0.15) is 23.5 Å². The first kappa shape index (κ1) is 28.4. The minimum Gasteiger partial charge on any atom is -0.550 e.